The molecule has 0 atom stereocenters. The molecule has 1 N–H and O–H groups in total. The average Bonchev–Trinajstić information content (AvgIpc) is 3.78. The van der Waals surface area contributed by atoms with Gasteiger partial charge in [0.1, 0.15) is 5.52 Å². The van der Waals surface area contributed by atoms with Gasteiger partial charge in [0.05, 0.1) is 40.9 Å². The van der Waals surface area contributed by atoms with Crippen LogP contribution in [0.4, 0.5) is 21.6 Å². The molecule has 5 aliphatic rings. The lowest BCUT2D eigenvalue weighted by molar-refractivity contribution is -0.146. The number of hydrogen-bond donors (Lipinski definition) is 1. The third-order valence-corrected chi connectivity index (χ3v) is 13.2. The largest absolute Gasteiger partial charge is 0.381 e. The number of anilines is 3. The average molecular weight is 735 g/mol. The highest BCUT2D eigenvalue weighted by Gasteiger charge is 2.56. The monoisotopic (exact) mass is 734 g/mol. The number of benzene rings is 1. The summed E-state index contributed by atoms with van der Waals surface area (Å²) in [6.45, 7) is 12.2. The van der Waals surface area contributed by atoms with Crippen LogP contribution >= 0.6 is 0 Å². The summed E-state index contributed by atoms with van der Waals surface area (Å²) in [4.78, 5) is 48.9. The molecule has 284 valence electrons. The smallest absolute Gasteiger partial charge is 0.238 e. The summed E-state index contributed by atoms with van der Waals surface area (Å²) in [6, 6.07) is 10.6. The number of carbonyl (C=O) groups is 2. The van der Waals surface area contributed by atoms with E-state index in [2.05, 4.69) is 66.0 Å². The Morgan fingerprint density at radius 3 is 2.48 bits per heavy atom. The molecule has 4 fully saturated rings. The molecule has 6 heterocycles. The predicted molar refractivity (Wildman–Crippen MR) is 206 cm³/mol. The molecule has 2 saturated heterocycles. The summed E-state index contributed by atoms with van der Waals surface area (Å²) in [5, 5.41) is 3.24. The Balaban J connectivity index is 1.06. The van der Waals surface area contributed by atoms with Crippen LogP contribution < -0.4 is 10.2 Å². The number of nitrogens with one attached hydrogen (secondary N) is 1. The summed E-state index contributed by atoms with van der Waals surface area (Å²) in [7, 11) is 1.71. The maximum absolute atomic E-state index is 15.0. The van der Waals surface area contributed by atoms with Crippen molar-refractivity contribution in [2.24, 2.45) is 11.3 Å². The van der Waals surface area contributed by atoms with Crippen LogP contribution in [0, 0.1) is 17.2 Å². The summed E-state index contributed by atoms with van der Waals surface area (Å²) in [5.41, 5.74) is 5.02. The van der Waals surface area contributed by atoms with Crippen molar-refractivity contribution in [3.63, 3.8) is 0 Å². The Labute approximate surface area is 316 Å². The first-order chi connectivity index (χ1) is 25.9. The van der Waals surface area contributed by atoms with Gasteiger partial charge in [0.15, 0.2) is 11.6 Å². The number of likely N-dealkylation sites (tertiary alicyclic amines) is 2. The molecule has 2 saturated carbocycles. The van der Waals surface area contributed by atoms with Crippen LogP contribution in [0.3, 0.4) is 0 Å². The van der Waals surface area contributed by atoms with Gasteiger partial charge in [-0.2, -0.15) is 0 Å². The van der Waals surface area contributed by atoms with E-state index in [1.165, 1.54) is 12.6 Å². The van der Waals surface area contributed by atoms with Gasteiger partial charge in [0.2, 0.25) is 11.8 Å². The zero-order chi connectivity index (χ0) is 37.5. The third-order valence-electron chi connectivity index (χ3n) is 13.2. The van der Waals surface area contributed by atoms with Crippen molar-refractivity contribution in [3.8, 4) is 11.3 Å². The molecule has 4 aromatic rings. The highest BCUT2D eigenvalue weighted by molar-refractivity contribution is 6.09. The number of methoxy groups -OCH3 is 1. The van der Waals surface area contributed by atoms with E-state index < -0.39 is 11.2 Å². The van der Waals surface area contributed by atoms with Crippen molar-refractivity contribution >= 4 is 40.0 Å². The first-order valence-electron chi connectivity index (χ1n) is 19.7. The fourth-order valence-electron chi connectivity index (χ4n) is 9.75. The number of rotatable bonds is 8. The van der Waals surface area contributed by atoms with Crippen molar-refractivity contribution in [2.45, 2.75) is 102 Å². The molecule has 1 spiro atoms. The number of nitrogens with zero attached hydrogens (tertiary/aromatic N) is 7. The number of aromatic nitrogens is 4. The fourth-order valence-corrected chi connectivity index (χ4v) is 9.75. The number of fused-ring (bicyclic) bond motifs is 3. The van der Waals surface area contributed by atoms with Gasteiger partial charge in [-0.3, -0.25) is 19.5 Å². The minimum atomic E-state index is -0.668. The van der Waals surface area contributed by atoms with Gasteiger partial charge in [-0.25, -0.2) is 14.4 Å². The molecular weight excluding hydrogens is 684 g/mol. The number of ether oxygens (including phenoxy) is 1. The fraction of sp³-hybridized carbons (Fsp3) is 0.548. The molecule has 2 amide bonds. The Morgan fingerprint density at radius 1 is 1.02 bits per heavy atom. The van der Waals surface area contributed by atoms with Crippen molar-refractivity contribution in [1.82, 2.24) is 29.3 Å². The molecular formula is C42H51FN8O3. The van der Waals surface area contributed by atoms with Crippen LogP contribution in [0.15, 0.2) is 49.1 Å². The molecule has 9 rings (SSSR count). The molecule has 3 aliphatic heterocycles. The number of halogens is 1. The van der Waals surface area contributed by atoms with Crippen molar-refractivity contribution in [1.29, 1.82) is 0 Å². The molecule has 0 radical (unpaired) electrons. The van der Waals surface area contributed by atoms with E-state index >= 15 is 0 Å². The van der Waals surface area contributed by atoms with Crippen LogP contribution in [0.5, 0.6) is 0 Å². The number of carbonyl (C=O) groups excluding carboxylic acids is 2. The number of amides is 2. The molecule has 54 heavy (non-hydrogen) atoms. The van der Waals surface area contributed by atoms with Gasteiger partial charge in [-0.05, 0) is 94.5 Å². The minimum absolute atomic E-state index is 0.0169. The summed E-state index contributed by atoms with van der Waals surface area (Å²) in [6.07, 6.45) is 10.6. The van der Waals surface area contributed by atoms with E-state index in [0.29, 0.717) is 48.9 Å². The van der Waals surface area contributed by atoms with E-state index in [1.54, 1.807) is 25.7 Å². The zero-order valence-electron chi connectivity index (χ0n) is 32.0. The quantitative estimate of drug-likeness (QED) is 0.210. The summed E-state index contributed by atoms with van der Waals surface area (Å²) < 4.78 is 22.4. The first kappa shape index (κ1) is 35.3. The molecule has 12 heteroatoms. The van der Waals surface area contributed by atoms with Crippen LogP contribution in [0.2, 0.25) is 0 Å². The Bertz CT molecular complexity index is 2110. The van der Waals surface area contributed by atoms with Crippen LogP contribution in [-0.2, 0) is 19.7 Å². The van der Waals surface area contributed by atoms with Gasteiger partial charge >= 0.3 is 0 Å². The second kappa shape index (κ2) is 13.1. The van der Waals surface area contributed by atoms with Gasteiger partial charge in [-0.15, -0.1) is 0 Å². The molecule has 3 aromatic heterocycles. The van der Waals surface area contributed by atoms with E-state index in [4.69, 9.17) is 14.7 Å². The van der Waals surface area contributed by atoms with Crippen molar-refractivity contribution in [3.05, 3.63) is 60.4 Å². The zero-order valence-corrected chi connectivity index (χ0v) is 32.0. The molecule has 0 unspecified atom stereocenters. The molecule has 2 aliphatic carbocycles. The normalized spacial score (nSPS) is 26.0. The van der Waals surface area contributed by atoms with Crippen molar-refractivity contribution < 1.29 is 18.7 Å². The molecule has 1 aromatic carbocycles. The number of hydrogen-bond acceptors (Lipinski definition) is 8. The lowest BCUT2D eigenvalue weighted by Crippen LogP contribution is -2.58. The van der Waals surface area contributed by atoms with Gasteiger partial charge in [-0.1, -0.05) is 26.0 Å². The third kappa shape index (κ3) is 5.79. The van der Waals surface area contributed by atoms with Gasteiger partial charge < -0.3 is 24.4 Å². The van der Waals surface area contributed by atoms with Gasteiger partial charge in [0.25, 0.3) is 0 Å². The van der Waals surface area contributed by atoms with Crippen molar-refractivity contribution in [2.75, 3.05) is 43.5 Å². The van der Waals surface area contributed by atoms with Crippen LogP contribution in [-0.4, -0.2) is 92.6 Å². The van der Waals surface area contributed by atoms with Crippen LogP contribution in [0.25, 0.3) is 22.3 Å². The molecule has 11 nitrogen and oxygen atoms in total. The van der Waals surface area contributed by atoms with E-state index in [9.17, 15) is 14.0 Å². The predicted octanol–water partition coefficient (Wildman–Crippen LogP) is 6.85. The Kier molecular flexibility index (Phi) is 8.57. The van der Waals surface area contributed by atoms with Crippen LogP contribution in [0.1, 0.15) is 84.2 Å². The van der Waals surface area contributed by atoms with E-state index in [1.807, 2.05) is 15.5 Å². The Morgan fingerprint density at radius 2 is 1.80 bits per heavy atom. The van der Waals surface area contributed by atoms with E-state index in [-0.39, 0.29) is 41.6 Å². The topological polar surface area (TPSA) is 109 Å². The number of imidazole rings is 1. The van der Waals surface area contributed by atoms with E-state index in [0.717, 1.165) is 66.6 Å². The lowest BCUT2D eigenvalue weighted by atomic mass is 9.72. The lowest BCUT2D eigenvalue weighted by Gasteiger charge is -2.47. The summed E-state index contributed by atoms with van der Waals surface area (Å²) >= 11 is 0. The van der Waals surface area contributed by atoms with Gasteiger partial charge in [0, 0.05) is 68.2 Å². The summed E-state index contributed by atoms with van der Waals surface area (Å²) in [5.74, 6) is 0.414. The second-order valence-corrected chi connectivity index (χ2v) is 17.5. The Hall–Kier alpha value is -4.42. The minimum Gasteiger partial charge on any atom is -0.381 e. The highest BCUT2D eigenvalue weighted by atomic mass is 19.1. The standard InChI is InChI=1S/C42H51FN8O3/c1-25(2)50-24-45-35-21-34(47-38(37(35)50)46-33-8-12-44-22-32(33)43)26-6-7-31-36(18-26)51(29-19-28(20-29)49-13-9-41(3,4)23-49)40(53)42(31)10-14-48(15-11-42)39(52)27-16-30(17-27)54-5/h6-8,12,18,21-22,24-25,27-30H,9-11,13-17,19-20,23H2,1-5H3,(H,44,46,47)/t27-,28-,29+,30+. The molecule has 0 bridgehead atoms. The second-order valence-electron chi connectivity index (χ2n) is 17.5. The highest BCUT2D eigenvalue weighted by Crippen LogP contribution is 2.53. The maximum Gasteiger partial charge on any atom is 0.238 e. The maximum atomic E-state index is 15.0. The number of piperidine rings is 1. The first-order valence-corrected chi connectivity index (χ1v) is 19.7. The number of pyridine rings is 2. The SMILES string of the molecule is CO[C@H]1C[C@@H](C(=O)N2CCC3(CC2)C(=O)N([C@H]2C[C@@H](N4CCC(C)(C)C4)C2)c2cc(-c4cc5ncn(C(C)C)c5c(Nc5ccncc5F)n4)ccc23)C1.